The Bertz CT molecular complexity index is 805. The van der Waals surface area contributed by atoms with E-state index in [1.807, 2.05) is 0 Å². The maximum Gasteiger partial charge on any atom is 0.0491 e. The van der Waals surface area contributed by atoms with Gasteiger partial charge in [-0.1, -0.05) is 24.3 Å². The summed E-state index contributed by atoms with van der Waals surface area (Å²) in [5.41, 5.74) is 3.93. The van der Waals surface area contributed by atoms with E-state index in [0.717, 1.165) is 26.1 Å². The summed E-state index contributed by atoms with van der Waals surface area (Å²) in [4.78, 5) is 0. The fourth-order valence-corrected chi connectivity index (χ4v) is 2.94. The summed E-state index contributed by atoms with van der Waals surface area (Å²) >= 11 is 0. The molecule has 2 aromatic carbocycles. The molecule has 0 saturated heterocycles. The molecule has 1 aromatic heterocycles. The van der Waals surface area contributed by atoms with Crippen molar-refractivity contribution in [1.29, 1.82) is 0 Å². The number of rotatable bonds is 5. The fraction of sp³-hybridized carbons (Fsp3) is 0.263. The summed E-state index contributed by atoms with van der Waals surface area (Å²) in [7, 11) is 0. The van der Waals surface area contributed by atoms with Crippen molar-refractivity contribution in [2.24, 2.45) is 0 Å². The molecule has 0 amide bonds. The molecule has 0 aliphatic carbocycles. The lowest BCUT2D eigenvalue weighted by Gasteiger charge is -2.05. The van der Waals surface area contributed by atoms with Crippen LogP contribution in [-0.2, 0) is 13.1 Å². The molecule has 0 atom stereocenters. The lowest BCUT2D eigenvalue weighted by atomic mass is 10.1. The Kier molecular flexibility index (Phi) is 3.94. The molecule has 2 nitrogen and oxygen atoms in total. The Balaban J connectivity index is 2.01. The van der Waals surface area contributed by atoms with Crippen molar-refractivity contribution in [2.75, 3.05) is 6.54 Å². The van der Waals surface area contributed by atoms with Crippen molar-refractivity contribution in [3.8, 4) is 12.3 Å². The smallest absolute Gasteiger partial charge is 0.0491 e. The molecule has 1 N–H and O–H groups in total. The zero-order valence-electron chi connectivity index (χ0n) is 12.4. The van der Waals surface area contributed by atoms with Crippen LogP contribution in [0.4, 0.5) is 0 Å². The van der Waals surface area contributed by atoms with E-state index < -0.39 is 0 Å². The van der Waals surface area contributed by atoms with Gasteiger partial charge in [-0.15, -0.1) is 12.3 Å². The van der Waals surface area contributed by atoms with Crippen LogP contribution in [0.15, 0.2) is 42.5 Å². The van der Waals surface area contributed by atoms with Crippen LogP contribution < -0.4 is 5.32 Å². The van der Waals surface area contributed by atoms with Gasteiger partial charge in [-0.2, -0.15) is 0 Å². The fourth-order valence-electron chi connectivity index (χ4n) is 2.94. The third-order valence-electron chi connectivity index (χ3n) is 3.93. The van der Waals surface area contributed by atoms with Crippen molar-refractivity contribution < 1.29 is 0 Å². The number of hydrogen-bond acceptors (Lipinski definition) is 1. The van der Waals surface area contributed by atoms with Crippen LogP contribution in [0.2, 0.25) is 0 Å². The number of nitrogens with one attached hydrogen (secondary N) is 1. The molecule has 0 bridgehead atoms. The normalized spacial score (nSPS) is 11.0. The van der Waals surface area contributed by atoms with Gasteiger partial charge < -0.3 is 9.88 Å². The summed E-state index contributed by atoms with van der Waals surface area (Å²) in [6.45, 7) is 4.92. The second-order valence-corrected chi connectivity index (χ2v) is 5.24. The van der Waals surface area contributed by atoms with Gasteiger partial charge in [0.15, 0.2) is 0 Å². The predicted octanol–water partition coefficient (Wildman–Crippen LogP) is 3.93. The van der Waals surface area contributed by atoms with E-state index in [4.69, 9.17) is 6.42 Å². The van der Waals surface area contributed by atoms with Crippen LogP contribution in [0.1, 0.15) is 18.9 Å². The molecule has 0 aliphatic rings. The highest BCUT2D eigenvalue weighted by molar-refractivity contribution is 6.08. The average molecular weight is 276 g/mol. The zero-order valence-corrected chi connectivity index (χ0v) is 12.4. The minimum Gasteiger partial charge on any atom is -0.341 e. The van der Waals surface area contributed by atoms with Crippen molar-refractivity contribution in [1.82, 2.24) is 9.88 Å². The third kappa shape index (κ3) is 2.53. The molecule has 0 spiro atoms. The highest BCUT2D eigenvalue weighted by Gasteiger charge is 2.09. The molecule has 0 aliphatic heterocycles. The van der Waals surface area contributed by atoms with Gasteiger partial charge in [-0.25, -0.2) is 0 Å². The van der Waals surface area contributed by atoms with Gasteiger partial charge in [-0.3, -0.25) is 0 Å². The second-order valence-electron chi connectivity index (χ2n) is 5.24. The average Bonchev–Trinajstić information content (AvgIpc) is 2.85. The molecule has 2 heteroatoms. The van der Waals surface area contributed by atoms with Crippen LogP contribution in [0.3, 0.4) is 0 Å². The zero-order chi connectivity index (χ0) is 14.7. The van der Waals surface area contributed by atoms with Crippen molar-refractivity contribution >= 4 is 21.8 Å². The highest BCUT2D eigenvalue weighted by atomic mass is 15.0. The van der Waals surface area contributed by atoms with E-state index in [0.29, 0.717) is 0 Å². The largest absolute Gasteiger partial charge is 0.341 e. The molecule has 0 fully saturated rings. The predicted molar refractivity (Wildman–Crippen MR) is 90.3 cm³/mol. The van der Waals surface area contributed by atoms with Crippen molar-refractivity contribution in [2.45, 2.75) is 26.4 Å². The molecule has 21 heavy (non-hydrogen) atoms. The van der Waals surface area contributed by atoms with Crippen molar-refractivity contribution in [3.05, 3.63) is 48.0 Å². The van der Waals surface area contributed by atoms with Crippen LogP contribution in [0, 0.1) is 12.3 Å². The van der Waals surface area contributed by atoms with E-state index in [9.17, 15) is 0 Å². The summed E-state index contributed by atoms with van der Waals surface area (Å²) in [6.07, 6.45) is 6.05. The van der Waals surface area contributed by atoms with Gasteiger partial charge in [0.2, 0.25) is 0 Å². The Morgan fingerprint density at radius 2 is 1.90 bits per heavy atom. The van der Waals surface area contributed by atoms with Crippen LogP contribution in [-0.4, -0.2) is 11.1 Å². The van der Waals surface area contributed by atoms with Gasteiger partial charge in [0.1, 0.15) is 0 Å². The first kappa shape index (κ1) is 13.7. The molecular weight excluding hydrogens is 256 g/mol. The molecular formula is C19H20N2. The maximum absolute atomic E-state index is 5.27. The van der Waals surface area contributed by atoms with E-state index in [1.165, 1.54) is 27.4 Å². The summed E-state index contributed by atoms with van der Waals surface area (Å²) in [6, 6.07) is 15.4. The number of aryl methyl sites for hydroxylation is 1. The van der Waals surface area contributed by atoms with Gasteiger partial charge >= 0.3 is 0 Å². The van der Waals surface area contributed by atoms with E-state index in [-0.39, 0.29) is 0 Å². The lowest BCUT2D eigenvalue weighted by Crippen LogP contribution is -2.13. The van der Waals surface area contributed by atoms with Crippen molar-refractivity contribution in [3.63, 3.8) is 0 Å². The van der Waals surface area contributed by atoms with Gasteiger partial charge in [-0.05, 0) is 30.7 Å². The lowest BCUT2D eigenvalue weighted by molar-refractivity contribution is 0.702. The number of nitrogens with zero attached hydrogens (tertiary/aromatic N) is 1. The van der Waals surface area contributed by atoms with Crippen LogP contribution in [0.5, 0.6) is 0 Å². The maximum atomic E-state index is 5.27. The summed E-state index contributed by atoms with van der Waals surface area (Å²) in [5, 5.41) is 6.06. The Hall–Kier alpha value is -2.24. The number of para-hydroxylation sites is 1. The topological polar surface area (TPSA) is 17.0 Å². The molecule has 3 rings (SSSR count). The SMILES string of the molecule is C#CCCNCc1ccc2c(c1)c1ccccc1n2CC. The molecule has 106 valence electrons. The summed E-state index contributed by atoms with van der Waals surface area (Å²) in [5.74, 6) is 2.65. The van der Waals surface area contributed by atoms with Gasteiger partial charge in [0.25, 0.3) is 0 Å². The number of aromatic nitrogens is 1. The first-order chi connectivity index (χ1) is 10.3. The number of benzene rings is 2. The molecule has 0 saturated carbocycles. The molecule has 1 heterocycles. The quantitative estimate of drug-likeness (QED) is 0.552. The van der Waals surface area contributed by atoms with E-state index in [1.54, 1.807) is 0 Å². The van der Waals surface area contributed by atoms with Crippen LogP contribution in [0.25, 0.3) is 21.8 Å². The minimum atomic E-state index is 0.775. The Morgan fingerprint density at radius 1 is 1.10 bits per heavy atom. The first-order valence-corrected chi connectivity index (χ1v) is 7.49. The Morgan fingerprint density at radius 3 is 2.71 bits per heavy atom. The van der Waals surface area contributed by atoms with Crippen LogP contribution >= 0.6 is 0 Å². The monoisotopic (exact) mass is 276 g/mol. The summed E-state index contributed by atoms with van der Waals surface area (Å²) < 4.78 is 2.38. The highest BCUT2D eigenvalue weighted by Crippen LogP contribution is 2.29. The molecule has 3 aromatic rings. The first-order valence-electron chi connectivity index (χ1n) is 7.49. The van der Waals surface area contributed by atoms with E-state index >= 15 is 0 Å². The van der Waals surface area contributed by atoms with Gasteiger partial charge in [0.05, 0.1) is 0 Å². The van der Waals surface area contributed by atoms with Gasteiger partial charge in [0, 0.05) is 47.9 Å². The number of terminal acetylenes is 1. The Labute approximate surface area is 125 Å². The number of fused-ring (bicyclic) bond motifs is 3. The van der Waals surface area contributed by atoms with E-state index in [2.05, 4.69) is 65.2 Å². The second kappa shape index (κ2) is 6.03. The molecule has 0 unspecified atom stereocenters. The number of hydrogen-bond donors (Lipinski definition) is 1. The standard InChI is InChI=1S/C19H20N2/c1-3-5-12-20-14-15-10-11-19-17(13-15)16-8-6-7-9-18(16)21(19)4-2/h1,6-11,13,20H,4-5,12,14H2,2H3. The molecule has 0 radical (unpaired) electrons. The minimum absolute atomic E-state index is 0.775. The third-order valence-corrected chi connectivity index (χ3v) is 3.93.